The molecule has 0 aromatic heterocycles. The summed E-state index contributed by atoms with van der Waals surface area (Å²) in [5.74, 6) is 0. The van der Waals surface area contributed by atoms with Gasteiger partial charge in [-0.05, 0) is 96.7 Å². The molecule has 8 N–H and O–H groups in total. The van der Waals surface area contributed by atoms with Crippen molar-refractivity contribution in [2.75, 3.05) is 46.3 Å². The first-order valence-corrected chi connectivity index (χ1v) is 10.5. The van der Waals surface area contributed by atoms with Crippen LogP contribution in [-0.4, -0.2) is 68.0 Å². The van der Waals surface area contributed by atoms with Gasteiger partial charge in [-0.25, -0.2) is 0 Å². The van der Waals surface area contributed by atoms with E-state index >= 15 is 0 Å². The van der Waals surface area contributed by atoms with Gasteiger partial charge in [-0.2, -0.15) is 10.2 Å². The Morgan fingerprint density at radius 2 is 1.25 bits per heavy atom. The normalized spacial score (nSPS) is 11.9. The first-order chi connectivity index (χ1) is 13.5. The minimum Gasteiger partial charge on any atom is -0.364 e. The van der Waals surface area contributed by atoms with E-state index in [-0.39, 0.29) is 0 Å². The van der Waals surface area contributed by atoms with Crippen molar-refractivity contribution >= 4 is 46.1 Å². The summed E-state index contributed by atoms with van der Waals surface area (Å²) in [7, 11) is 1.73. The lowest BCUT2D eigenvalue weighted by atomic mass is 10.3. The number of rotatable bonds is 15. The Balaban J connectivity index is 3.65. The molecule has 9 nitrogen and oxygen atoms in total. The average molecular weight is 432 g/mol. The van der Waals surface area contributed by atoms with Crippen molar-refractivity contribution in [1.29, 1.82) is 0 Å². The monoisotopic (exact) mass is 431 g/mol. The molecule has 0 fully saturated rings. The Bertz CT molecular complexity index is 495. The summed E-state index contributed by atoms with van der Waals surface area (Å²) in [6, 6.07) is 0. The van der Waals surface area contributed by atoms with Crippen molar-refractivity contribution < 1.29 is 0 Å². The van der Waals surface area contributed by atoms with Crippen LogP contribution < -0.4 is 37.9 Å². The highest BCUT2D eigenvalue weighted by Crippen LogP contribution is 1.86. The van der Waals surface area contributed by atoms with Gasteiger partial charge in [0.05, 0.1) is 11.4 Å². The number of nitrogens with zero attached hydrogens (tertiary/aromatic N) is 2. The van der Waals surface area contributed by atoms with Gasteiger partial charge in [-0.15, -0.1) is 0 Å². The minimum atomic E-state index is 0.449. The van der Waals surface area contributed by atoms with E-state index in [4.69, 9.17) is 30.2 Å². The van der Waals surface area contributed by atoms with E-state index < -0.39 is 0 Å². The van der Waals surface area contributed by atoms with Crippen LogP contribution in [0.5, 0.6) is 0 Å². The molecule has 0 aliphatic rings. The van der Waals surface area contributed by atoms with E-state index in [2.05, 4.69) is 42.3 Å². The van der Waals surface area contributed by atoms with Crippen LogP contribution in [0.4, 0.5) is 0 Å². The molecule has 0 aliphatic carbocycles. The number of hydrogen-bond acceptors (Lipinski definition) is 7. The van der Waals surface area contributed by atoms with Crippen molar-refractivity contribution in [2.24, 2.45) is 15.9 Å². The number of hydrazone groups is 2. The molecule has 0 unspecified atom stereocenters. The Labute approximate surface area is 180 Å². The standard InChI is InChI=1S/C17H37N9S2/c1-14(23-25-16(27)19-3)15(2)24-26-17(28)22-13-7-12-21-10-5-4-9-20-11-6-8-18/h20-21H,4-13,18H2,1-3H3,(H2,19,25,27)(H2,22,26,28). The highest BCUT2D eigenvalue weighted by molar-refractivity contribution is 7.80. The third kappa shape index (κ3) is 16.8. The molecule has 0 saturated carbocycles. The second-order valence-electron chi connectivity index (χ2n) is 6.16. The molecule has 0 radical (unpaired) electrons. The number of unbranched alkanes of at least 4 members (excludes halogenated alkanes) is 1. The van der Waals surface area contributed by atoms with E-state index in [1.54, 1.807) is 7.05 Å². The Hall–Kier alpha value is -1.40. The Kier molecular flexibility index (Phi) is 18.0. The van der Waals surface area contributed by atoms with E-state index in [0.717, 1.165) is 57.8 Å². The van der Waals surface area contributed by atoms with Gasteiger partial charge >= 0.3 is 0 Å². The van der Waals surface area contributed by atoms with E-state index in [1.807, 2.05) is 13.8 Å². The van der Waals surface area contributed by atoms with Gasteiger partial charge in [0.15, 0.2) is 10.2 Å². The summed E-state index contributed by atoms with van der Waals surface area (Å²) >= 11 is 10.2. The number of nitrogens with one attached hydrogen (secondary N) is 6. The number of thiocarbonyl (C=S) groups is 2. The van der Waals surface area contributed by atoms with Crippen LogP contribution in [0.2, 0.25) is 0 Å². The summed E-state index contributed by atoms with van der Waals surface area (Å²) in [4.78, 5) is 0. The van der Waals surface area contributed by atoms with Gasteiger partial charge in [0.1, 0.15) is 0 Å². The van der Waals surface area contributed by atoms with Crippen molar-refractivity contribution in [1.82, 2.24) is 32.1 Å². The van der Waals surface area contributed by atoms with Crippen LogP contribution in [0.15, 0.2) is 10.2 Å². The third-order valence-electron chi connectivity index (χ3n) is 3.73. The molecule has 162 valence electrons. The lowest BCUT2D eigenvalue weighted by Crippen LogP contribution is -2.35. The topological polar surface area (TPSA) is 123 Å². The summed E-state index contributed by atoms with van der Waals surface area (Å²) in [6.45, 7) is 9.30. The predicted octanol–water partition coefficient (Wildman–Crippen LogP) is -0.00550. The van der Waals surface area contributed by atoms with Gasteiger partial charge in [0.2, 0.25) is 0 Å². The zero-order valence-electron chi connectivity index (χ0n) is 17.4. The average Bonchev–Trinajstić information content (AvgIpc) is 2.70. The van der Waals surface area contributed by atoms with Crippen LogP contribution >= 0.6 is 24.4 Å². The summed E-state index contributed by atoms with van der Waals surface area (Å²) in [5, 5.41) is 22.0. The van der Waals surface area contributed by atoms with Gasteiger partial charge in [0, 0.05) is 13.6 Å². The van der Waals surface area contributed by atoms with Crippen LogP contribution in [0.1, 0.15) is 39.5 Å². The first kappa shape index (κ1) is 26.6. The molecule has 0 spiro atoms. The van der Waals surface area contributed by atoms with E-state index in [9.17, 15) is 0 Å². The smallest absolute Gasteiger partial charge is 0.186 e. The first-order valence-electron chi connectivity index (χ1n) is 9.73. The van der Waals surface area contributed by atoms with Crippen molar-refractivity contribution in [2.45, 2.75) is 39.5 Å². The van der Waals surface area contributed by atoms with E-state index in [0.29, 0.717) is 15.9 Å². The Morgan fingerprint density at radius 3 is 1.79 bits per heavy atom. The molecule has 0 heterocycles. The van der Waals surface area contributed by atoms with Crippen LogP contribution in [0.25, 0.3) is 0 Å². The molecule has 0 aromatic carbocycles. The lowest BCUT2D eigenvalue weighted by molar-refractivity contribution is 0.567. The fourth-order valence-electron chi connectivity index (χ4n) is 1.92. The molecule has 0 aliphatic heterocycles. The molecule has 28 heavy (non-hydrogen) atoms. The maximum Gasteiger partial charge on any atom is 0.186 e. The van der Waals surface area contributed by atoms with E-state index in [1.165, 1.54) is 12.8 Å². The molecule has 0 bridgehead atoms. The molecule has 0 saturated heterocycles. The molecular weight excluding hydrogens is 394 g/mol. The molecule has 0 atom stereocenters. The van der Waals surface area contributed by atoms with Crippen LogP contribution in [0, 0.1) is 0 Å². The maximum absolute atomic E-state index is 5.45. The zero-order valence-corrected chi connectivity index (χ0v) is 19.0. The Morgan fingerprint density at radius 1 is 0.750 bits per heavy atom. The summed E-state index contributed by atoms with van der Waals surface area (Å²) in [5.41, 5.74) is 12.4. The maximum atomic E-state index is 5.45. The van der Waals surface area contributed by atoms with Gasteiger partial charge in [-0.3, -0.25) is 10.9 Å². The minimum absolute atomic E-state index is 0.449. The number of hydrogen-bond donors (Lipinski definition) is 7. The second kappa shape index (κ2) is 18.9. The molecule has 11 heteroatoms. The summed E-state index contributed by atoms with van der Waals surface area (Å²) < 4.78 is 0. The highest BCUT2D eigenvalue weighted by Gasteiger charge is 1.99. The van der Waals surface area contributed by atoms with Gasteiger partial charge in [0.25, 0.3) is 0 Å². The zero-order chi connectivity index (χ0) is 21.0. The summed E-state index contributed by atoms with van der Waals surface area (Å²) in [6.07, 6.45) is 4.39. The highest BCUT2D eigenvalue weighted by atomic mass is 32.1. The quantitative estimate of drug-likeness (QED) is 0.0830. The predicted molar refractivity (Wildman–Crippen MR) is 128 cm³/mol. The SMILES string of the molecule is CNC(=S)NN=C(C)C(C)=NNC(=S)NCCCNCCCCNCCCN. The third-order valence-corrected chi connectivity index (χ3v) is 4.26. The van der Waals surface area contributed by atoms with Crippen LogP contribution in [0.3, 0.4) is 0 Å². The number of nitrogens with two attached hydrogens (primary N) is 1. The molecular formula is C17H37N9S2. The van der Waals surface area contributed by atoms with Gasteiger partial charge in [-0.1, -0.05) is 0 Å². The van der Waals surface area contributed by atoms with Gasteiger partial charge < -0.3 is 27.0 Å². The molecule has 0 rings (SSSR count). The fourth-order valence-corrected chi connectivity index (χ4v) is 2.11. The van der Waals surface area contributed by atoms with Crippen molar-refractivity contribution in [3.63, 3.8) is 0 Å². The molecule has 0 aromatic rings. The van der Waals surface area contributed by atoms with Crippen molar-refractivity contribution in [3.05, 3.63) is 0 Å². The fraction of sp³-hybridized carbons (Fsp3) is 0.765. The lowest BCUT2D eigenvalue weighted by Gasteiger charge is -2.09. The second-order valence-corrected chi connectivity index (χ2v) is 6.97. The van der Waals surface area contributed by atoms with Crippen molar-refractivity contribution in [3.8, 4) is 0 Å². The largest absolute Gasteiger partial charge is 0.364 e. The van der Waals surface area contributed by atoms with Crippen LogP contribution in [-0.2, 0) is 0 Å². The molecule has 0 amide bonds.